The minimum Gasteiger partial charge on any atom is -0.497 e. The Hall–Kier alpha value is -3.59. The van der Waals surface area contributed by atoms with E-state index in [1.54, 1.807) is 7.11 Å². The fourth-order valence-corrected chi connectivity index (χ4v) is 3.89. The van der Waals surface area contributed by atoms with E-state index in [2.05, 4.69) is 77.4 Å². The van der Waals surface area contributed by atoms with Crippen LogP contribution in [0.1, 0.15) is 5.56 Å². The molecule has 2 heterocycles. The number of methoxy groups -OCH3 is 1. The summed E-state index contributed by atoms with van der Waals surface area (Å²) < 4.78 is 7.70. The molecule has 0 atom stereocenters. The molecule has 0 spiro atoms. The summed E-state index contributed by atoms with van der Waals surface area (Å²) in [6.07, 6.45) is 1.90. The maximum atomic E-state index is 5.32. The molecule has 3 heteroatoms. The van der Waals surface area contributed by atoms with E-state index in [0.29, 0.717) is 0 Å². The summed E-state index contributed by atoms with van der Waals surface area (Å²) in [5.74, 6) is 0.848. The Morgan fingerprint density at radius 1 is 0.786 bits per heavy atom. The second kappa shape index (κ2) is 6.86. The van der Waals surface area contributed by atoms with E-state index in [-0.39, 0.29) is 0 Å². The lowest BCUT2D eigenvalue weighted by atomic mass is 10.1. The van der Waals surface area contributed by atoms with Gasteiger partial charge < -0.3 is 9.30 Å². The molecule has 0 aliphatic heterocycles. The third-order valence-electron chi connectivity index (χ3n) is 5.23. The van der Waals surface area contributed by atoms with E-state index < -0.39 is 0 Å². The Labute approximate surface area is 163 Å². The highest BCUT2D eigenvalue weighted by atomic mass is 16.5. The number of rotatable bonds is 4. The first-order chi connectivity index (χ1) is 13.8. The normalized spacial score (nSPS) is 11.2. The Kier molecular flexibility index (Phi) is 4.06. The molecule has 0 fully saturated rings. The first-order valence-corrected chi connectivity index (χ1v) is 9.39. The predicted octanol–water partition coefficient (Wildman–Crippen LogP) is 5.91. The van der Waals surface area contributed by atoms with Crippen LogP contribution in [0.5, 0.6) is 5.75 Å². The smallest absolute Gasteiger partial charge is 0.118 e. The van der Waals surface area contributed by atoms with E-state index in [1.807, 2.05) is 18.3 Å². The van der Waals surface area contributed by atoms with Crippen molar-refractivity contribution < 1.29 is 4.74 Å². The van der Waals surface area contributed by atoms with Crippen molar-refractivity contribution in [3.05, 3.63) is 96.7 Å². The number of aromatic nitrogens is 2. The van der Waals surface area contributed by atoms with E-state index in [9.17, 15) is 0 Å². The summed E-state index contributed by atoms with van der Waals surface area (Å²) in [5, 5.41) is 2.48. The topological polar surface area (TPSA) is 27.1 Å². The average molecular weight is 364 g/mol. The van der Waals surface area contributed by atoms with Crippen LogP contribution in [0, 0.1) is 0 Å². The largest absolute Gasteiger partial charge is 0.497 e. The molecule has 28 heavy (non-hydrogen) atoms. The number of para-hydroxylation sites is 1. The SMILES string of the molecule is COc1ccc(-c2nccc3c4ccccc4n(Cc4ccccc4)c23)cc1. The molecule has 0 unspecified atom stereocenters. The Bertz CT molecular complexity index is 1250. The quantitative estimate of drug-likeness (QED) is 0.396. The molecule has 0 N–H and O–H groups in total. The van der Waals surface area contributed by atoms with Gasteiger partial charge in [-0.1, -0.05) is 48.5 Å². The van der Waals surface area contributed by atoms with E-state index in [0.717, 1.165) is 29.1 Å². The van der Waals surface area contributed by atoms with Crippen molar-refractivity contribution in [1.29, 1.82) is 0 Å². The van der Waals surface area contributed by atoms with Crippen LogP contribution >= 0.6 is 0 Å². The molecule has 5 aromatic rings. The van der Waals surface area contributed by atoms with Gasteiger partial charge in [0.25, 0.3) is 0 Å². The van der Waals surface area contributed by atoms with Crippen molar-refractivity contribution in [3.8, 4) is 17.0 Å². The molecular formula is C25H20N2O. The Balaban J connectivity index is 1.80. The number of ether oxygens (including phenoxy) is 1. The predicted molar refractivity (Wildman–Crippen MR) is 115 cm³/mol. The number of nitrogens with zero attached hydrogens (tertiary/aromatic N) is 2. The van der Waals surface area contributed by atoms with Crippen LogP contribution < -0.4 is 4.74 Å². The van der Waals surface area contributed by atoms with Crippen LogP contribution in [-0.2, 0) is 6.54 Å². The van der Waals surface area contributed by atoms with Gasteiger partial charge in [-0.15, -0.1) is 0 Å². The zero-order chi connectivity index (χ0) is 18.9. The van der Waals surface area contributed by atoms with Crippen molar-refractivity contribution in [1.82, 2.24) is 9.55 Å². The van der Waals surface area contributed by atoms with Crippen molar-refractivity contribution in [2.45, 2.75) is 6.54 Å². The zero-order valence-electron chi connectivity index (χ0n) is 15.7. The molecule has 2 aromatic heterocycles. The van der Waals surface area contributed by atoms with E-state index >= 15 is 0 Å². The van der Waals surface area contributed by atoms with Gasteiger partial charge in [-0.3, -0.25) is 4.98 Å². The summed E-state index contributed by atoms with van der Waals surface area (Å²) in [7, 11) is 1.69. The van der Waals surface area contributed by atoms with Gasteiger partial charge in [0, 0.05) is 34.6 Å². The lowest BCUT2D eigenvalue weighted by Crippen LogP contribution is -2.01. The molecule has 5 rings (SSSR count). The second-order valence-corrected chi connectivity index (χ2v) is 6.87. The maximum Gasteiger partial charge on any atom is 0.118 e. The van der Waals surface area contributed by atoms with Crippen molar-refractivity contribution in [2.75, 3.05) is 7.11 Å². The fourth-order valence-electron chi connectivity index (χ4n) is 3.89. The van der Waals surface area contributed by atoms with Gasteiger partial charge in [0.1, 0.15) is 5.75 Å². The molecular weight excluding hydrogens is 344 g/mol. The van der Waals surface area contributed by atoms with Crippen molar-refractivity contribution in [3.63, 3.8) is 0 Å². The van der Waals surface area contributed by atoms with Crippen molar-refractivity contribution in [2.24, 2.45) is 0 Å². The van der Waals surface area contributed by atoms with Crippen molar-refractivity contribution >= 4 is 21.8 Å². The minimum atomic E-state index is 0.805. The molecule has 3 nitrogen and oxygen atoms in total. The van der Waals surface area contributed by atoms with Gasteiger partial charge in [0.05, 0.1) is 18.3 Å². The molecule has 0 saturated heterocycles. The molecule has 136 valence electrons. The molecule has 0 saturated carbocycles. The third kappa shape index (κ3) is 2.72. The number of hydrogen-bond donors (Lipinski definition) is 0. The molecule has 0 bridgehead atoms. The van der Waals surface area contributed by atoms with Crippen LogP contribution in [0.3, 0.4) is 0 Å². The summed E-state index contributed by atoms with van der Waals surface area (Å²) in [6.45, 7) is 0.805. The van der Waals surface area contributed by atoms with Gasteiger partial charge >= 0.3 is 0 Å². The number of hydrogen-bond acceptors (Lipinski definition) is 2. The van der Waals surface area contributed by atoms with Crippen LogP contribution in [0.4, 0.5) is 0 Å². The van der Waals surface area contributed by atoms with Crippen LogP contribution in [0.15, 0.2) is 91.1 Å². The maximum absolute atomic E-state index is 5.32. The summed E-state index contributed by atoms with van der Waals surface area (Å²) in [6, 6.07) is 29.4. The van der Waals surface area contributed by atoms with Gasteiger partial charge in [-0.25, -0.2) is 0 Å². The second-order valence-electron chi connectivity index (χ2n) is 6.87. The zero-order valence-corrected chi connectivity index (χ0v) is 15.7. The fraction of sp³-hybridized carbons (Fsp3) is 0.0800. The van der Waals surface area contributed by atoms with Gasteiger partial charge in [0.15, 0.2) is 0 Å². The first kappa shape index (κ1) is 16.6. The van der Waals surface area contributed by atoms with Gasteiger partial charge in [-0.05, 0) is 42.0 Å². The number of benzene rings is 3. The summed E-state index contributed by atoms with van der Waals surface area (Å²) in [5.41, 5.74) is 5.74. The lowest BCUT2D eigenvalue weighted by molar-refractivity contribution is 0.415. The lowest BCUT2D eigenvalue weighted by Gasteiger charge is -2.11. The Morgan fingerprint density at radius 2 is 1.54 bits per heavy atom. The molecule has 0 aliphatic carbocycles. The van der Waals surface area contributed by atoms with Crippen LogP contribution in [-0.4, -0.2) is 16.7 Å². The number of pyridine rings is 1. The summed E-state index contributed by atoms with van der Waals surface area (Å²) >= 11 is 0. The van der Waals surface area contributed by atoms with Crippen LogP contribution in [0.25, 0.3) is 33.1 Å². The molecule has 0 radical (unpaired) electrons. The summed E-state index contributed by atoms with van der Waals surface area (Å²) in [4.78, 5) is 4.77. The highest BCUT2D eigenvalue weighted by Gasteiger charge is 2.16. The third-order valence-corrected chi connectivity index (χ3v) is 5.23. The minimum absolute atomic E-state index is 0.805. The number of fused-ring (bicyclic) bond motifs is 3. The van der Waals surface area contributed by atoms with E-state index in [4.69, 9.17) is 9.72 Å². The van der Waals surface area contributed by atoms with Gasteiger partial charge in [-0.2, -0.15) is 0 Å². The Morgan fingerprint density at radius 3 is 2.32 bits per heavy atom. The molecule has 0 amide bonds. The van der Waals surface area contributed by atoms with Crippen LogP contribution in [0.2, 0.25) is 0 Å². The molecule has 3 aromatic carbocycles. The monoisotopic (exact) mass is 364 g/mol. The standard InChI is InChI=1S/C25H20N2O/c1-28-20-13-11-19(12-14-20)24-25-22(15-16-26-24)21-9-5-6-10-23(21)27(25)17-18-7-3-2-4-8-18/h2-16H,17H2,1H3. The highest BCUT2D eigenvalue weighted by molar-refractivity contribution is 6.11. The average Bonchev–Trinajstić information content (AvgIpc) is 3.09. The van der Waals surface area contributed by atoms with E-state index in [1.165, 1.54) is 21.9 Å². The molecule has 0 aliphatic rings. The highest BCUT2D eigenvalue weighted by Crippen LogP contribution is 2.35. The first-order valence-electron chi connectivity index (χ1n) is 9.39. The van der Waals surface area contributed by atoms with Gasteiger partial charge in [0.2, 0.25) is 0 Å².